The first-order valence-electron chi connectivity index (χ1n) is 12.4. The molecule has 0 aromatic heterocycles. The van der Waals surface area contributed by atoms with Gasteiger partial charge in [-0.1, -0.05) is 33.6 Å². The first kappa shape index (κ1) is 29.5. The Morgan fingerprint density at radius 1 is 0.902 bits per heavy atom. The number of sulfonamides is 1. The lowest BCUT2D eigenvalue weighted by atomic mass is 10.2. The molecule has 4 aromatic rings. The van der Waals surface area contributed by atoms with E-state index in [1.807, 2.05) is 13.8 Å². The maximum atomic E-state index is 12.7. The number of carbonyl (C=O) groups is 2. The molecule has 2 N–H and O–H groups in total. The highest BCUT2D eigenvalue weighted by Gasteiger charge is 2.15. The third kappa shape index (κ3) is 8.03. The van der Waals surface area contributed by atoms with Gasteiger partial charge in [0.05, 0.1) is 23.3 Å². The molecule has 0 heterocycles. The number of nitrogens with one attached hydrogen (secondary N) is 2. The molecular weight excluding hydrogens is 610 g/mol. The number of carbonyl (C=O) groups excluding carboxylic acids is 2. The van der Waals surface area contributed by atoms with Crippen LogP contribution in [0.1, 0.15) is 38.8 Å². The molecule has 0 aliphatic carbocycles. The third-order valence-electron chi connectivity index (χ3n) is 5.68. The van der Waals surface area contributed by atoms with Gasteiger partial charge in [-0.05, 0) is 92.7 Å². The van der Waals surface area contributed by atoms with Crippen molar-refractivity contribution < 1.29 is 27.5 Å². The van der Waals surface area contributed by atoms with E-state index in [1.54, 1.807) is 54.6 Å². The molecule has 0 saturated heterocycles. The number of rotatable bonds is 10. The number of hydrogen-bond acceptors (Lipinski definition) is 7. The molecular formula is C30H26BrN3O6S. The van der Waals surface area contributed by atoms with Crippen molar-refractivity contribution in [1.82, 2.24) is 5.43 Å². The number of hydrogen-bond donors (Lipinski definition) is 2. The fourth-order valence-electron chi connectivity index (χ4n) is 3.57. The van der Waals surface area contributed by atoms with Crippen LogP contribution in [0.3, 0.4) is 0 Å². The highest BCUT2D eigenvalue weighted by Crippen LogP contribution is 2.24. The highest BCUT2D eigenvalue weighted by atomic mass is 79.9. The van der Waals surface area contributed by atoms with Crippen molar-refractivity contribution in [3.05, 3.63) is 118 Å². The fraction of sp³-hybridized carbons (Fsp3) is 0.100. The quantitative estimate of drug-likeness (QED) is 0.0962. The van der Waals surface area contributed by atoms with Crippen LogP contribution in [0.2, 0.25) is 0 Å². The molecule has 0 radical (unpaired) electrons. The minimum absolute atomic E-state index is 0.135. The number of halogens is 1. The largest absolute Gasteiger partial charge is 0.494 e. The molecule has 9 nitrogen and oxygen atoms in total. The zero-order valence-electron chi connectivity index (χ0n) is 22.1. The Labute approximate surface area is 246 Å². The molecule has 11 heteroatoms. The Hall–Kier alpha value is -4.48. The van der Waals surface area contributed by atoms with E-state index >= 15 is 0 Å². The van der Waals surface area contributed by atoms with Gasteiger partial charge in [0.1, 0.15) is 11.5 Å². The lowest BCUT2D eigenvalue weighted by Gasteiger charge is -2.09. The molecule has 0 saturated carbocycles. The maximum absolute atomic E-state index is 12.7. The van der Waals surface area contributed by atoms with Gasteiger partial charge in [0.2, 0.25) is 0 Å². The van der Waals surface area contributed by atoms with Gasteiger partial charge >= 0.3 is 5.97 Å². The van der Waals surface area contributed by atoms with Gasteiger partial charge in [-0.2, -0.15) is 5.10 Å². The molecule has 0 aliphatic heterocycles. The average Bonchev–Trinajstić information content (AvgIpc) is 2.95. The van der Waals surface area contributed by atoms with Crippen molar-refractivity contribution in [3.8, 4) is 11.5 Å². The van der Waals surface area contributed by atoms with Crippen molar-refractivity contribution in [2.24, 2.45) is 5.10 Å². The minimum atomic E-state index is -3.77. The zero-order chi connectivity index (χ0) is 29.4. The average molecular weight is 637 g/mol. The summed E-state index contributed by atoms with van der Waals surface area (Å²) in [6.07, 6.45) is 1.35. The van der Waals surface area contributed by atoms with Crippen LogP contribution in [-0.4, -0.2) is 33.1 Å². The summed E-state index contributed by atoms with van der Waals surface area (Å²) in [6.45, 7) is 4.26. The number of amides is 1. The van der Waals surface area contributed by atoms with E-state index in [4.69, 9.17) is 9.47 Å². The van der Waals surface area contributed by atoms with Crippen molar-refractivity contribution in [2.75, 3.05) is 11.3 Å². The Morgan fingerprint density at radius 2 is 1.56 bits per heavy atom. The van der Waals surface area contributed by atoms with Crippen LogP contribution in [0.4, 0.5) is 5.69 Å². The van der Waals surface area contributed by atoms with E-state index in [0.717, 1.165) is 10.0 Å². The molecule has 0 atom stereocenters. The number of hydrazone groups is 1. The first-order valence-corrected chi connectivity index (χ1v) is 14.7. The third-order valence-corrected chi connectivity index (χ3v) is 7.57. The van der Waals surface area contributed by atoms with Crippen LogP contribution in [0.15, 0.2) is 105 Å². The lowest BCUT2D eigenvalue weighted by molar-refractivity contribution is 0.0734. The van der Waals surface area contributed by atoms with Gasteiger partial charge in [0.25, 0.3) is 15.9 Å². The summed E-state index contributed by atoms with van der Waals surface area (Å²) < 4.78 is 39.4. The predicted molar refractivity (Wildman–Crippen MR) is 160 cm³/mol. The van der Waals surface area contributed by atoms with Crippen LogP contribution < -0.4 is 19.6 Å². The normalized spacial score (nSPS) is 11.2. The van der Waals surface area contributed by atoms with E-state index in [-0.39, 0.29) is 16.2 Å². The zero-order valence-corrected chi connectivity index (χ0v) is 24.5. The van der Waals surface area contributed by atoms with E-state index < -0.39 is 21.9 Å². The van der Waals surface area contributed by atoms with Gasteiger partial charge in [0, 0.05) is 21.3 Å². The molecule has 210 valence electrons. The number of ether oxygens (including phenoxy) is 2. The maximum Gasteiger partial charge on any atom is 0.343 e. The molecule has 41 heavy (non-hydrogen) atoms. The molecule has 1 amide bonds. The molecule has 0 fully saturated rings. The molecule has 0 bridgehead atoms. The minimum Gasteiger partial charge on any atom is -0.494 e. The predicted octanol–water partition coefficient (Wildman–Crippen LogP) is 5.94. The van der Waals surface area contributed by atoms with Crippen LogP contribution in [0.25, 0.3) is 0 Å². The summed E-state index contributed by atoms with van der Waals surface area (Å²) in [5.74, 6) is -0.186. The van der Waals surface area contributed by atoms with Gasteiger partial charge in [-0.3, -0.25) is 9.52 Å². The Morgan fingerprint density at radius 3 is 2.22 bits per heavy atom. The number of esters is 1. The standard InChI is InChI=1S/C30H26BrN3O6S/c1-3-39-26-13-8-22(9-14-26)30(36)40-28-17-10-24(31)18-23(28)19-32-33-29(35)21-6-11-25(12-7-21)34-41(37,38)27-15-4-20(2)5-16-27/h4-19,34H,3H2,1-2H3,(H,33,35)/b32-19+. The van der Waals surface area contributed by atoms with E-state index in [1.165, 1.54) is 42.6 Å². The van der Waals surface area contributed by atoms with Crippen molar-refractivity contribution in [1.29, 1.82) is 0 Å². The topological polar surface area (TPSA) is 123 Å². The Balaban J connectivity index is 1.39. The Bertz CT molecular complexity index is 1670. The number of anilines is 1. The smallest absolute Gasteiger partial charge is 0.343 e. The van der Waals surface area contributed by atoms with E-state index in [2.05, 4.69) is 31.2 Å². The van der Waals surface area contributed by atoms with E-state index in [0.29, 0.717) is 29.2 Å². The second-order valence-corrected chi connectivity index (χ2v) is 11.3. The molecule has 0 spiro atoms. The summed E-state index contributed by atoms with van der Waals surface area (Å²) in [6, 6.07) is 24.0. The van der Waals surface area contributed by atoms with Crippen molar-refractivity contribution in [3.63, 3.8) is 0 Å². The van der Waals surface area contributed by atoms with Crippen LogP contribution in [0, 0.1) is 6.92 Å². The molecule has 4 rings (SSSR count). The van der Waals surface area contributed by atoms with Gasteiger partial charge < -0.3 is 9.47 Å². The van der Waals surface area contributed by atoms with Crippen LogP contribution >= 0.6 is 15.9 Å². The highest BCUT2D eigenvalue weighted by molar-refractivity contribution is 9.10. The van der Waals surface area contributed by atoms with Gasteiger partial charge in [-0.25, -0.2) is 18.6 Å². The molecule has 0 aliphatic rings. The van der Waals surface area contributed by atoms with Crippen LogP contribution in [-0.2, 0) is 10.0 Å². The Kier molecular flexibility index (Phi) is 9.53. The second-order valence-electron chi connectivity index (χ2n) is 8.72. The number of aryl methyl sites for hydroxylation is 1. The van der Waals surface area contributed by atoms with Crippen molar-refractivity contribution >= 4 is 49.7 Å². The first-order chi connectivity index (χ1) is 19.6. The lowest BCUT2D eigenvalue weighted by Crippen LogP contribution is -2.18. The van der Waals surface area contributed by atoms with Gasteiger partial charge in [-0.15, -0.1) is 0 Å². The molecule has 4 aromatic carbocycles. The summed E-state index contributed by atoms with van der Waals surface area (Å²) in [5, 5.41) is 4.00. The summed E-state index contributed by atoms with van der Waals surface area (Å²) >= 11 is 3.38. The summed E-state index contributed by atoms with van der Waals surface area (Å²) in [4.78, 5) is 25.4. The van der Waals surface area contributed by atoms with Crippen LogP contribution in [0.5, 0.6) is 11.5 Å². The number of benzene rings is 4. The molecule has 0 unspecified atom stereocenters. The van der Waals surface area contributed by atoms with Crippen molar-refractivity contribution in [2.45, 2.75) is 18.7 Å². The SMILES string of the molecule is CCOc1ccc(C(=O)Oc2ccc(Br)cc2/C=N/NC(=O)c2ccc(NS(=O)(=O)c3ccc(C)cc3)cc2)cc1. The number of nitrogens with zero attached hydrogens (tertiary/aromatic N) is 1. The summed E-state index contributed by atoms with van der Waals surface area (Å²) in [7, 11) is -3.77. The monoisotopic (exact) mass is 635 g/mol. The van der Waals surface area contributed by atoms with E-state index in [9.17, 15) is 18.0 Å². The fourth-order valence-corrected chi connectivity index (χ4v) is 5.01. The van der Waals surface area contributed by atoms with Gasteiger partial charge in [0.15, 0.2) is 0 Å². The second kappa shape index (κ2) is 13.2. The summed E-state index contributed by atoms with van der Waals surface area (Å²) in [5.41, 5.74) is 4.72.